The number of benzene rings is 2. The third-order valence-electron chi connectivity index (χ3n) is 6.68. The Balaban J connectivity index is 1.79. The van der Waals surface area contributed by atoms with Crippen LogP contribution in [0.2, 0.25) is 5.02 Å². The van der Waals surface area contributed by atoms with Crippen molar-refractivity contribution in [1.82, 2.24) is 14.6 Å². The van der Waals surface area contributed by atoms with Crippen molar-refractivity contribution in [2.75, 3.05) is 14.2 Å². The van der Waals surface area contributed by atoms with E-state index in [0.29, 0.717) is 17.5 Å². The standard InChI is InChI=1S/C27H28ClN3O2/c1-4-17-5-14-24-22(15-17)26(19-8-12-21(33-3)13-9-19)29-27-25(18-6-10-20(28)11-7-18)23(16-32-2)30-31(24)27/h6-13,17H,4-5,14-16H2,1-3H3. The molecule has 0 amide bonds. The number of nitrogens with zero attached hydrogens (tertiary/aromatic N) is 3. The summed E-state index contributed by atoms with van der Waals surface area (Å²) in [6, 6.07) is 16.1. The Morgan fingerprint density at radius 1 is 1.03 bits per heavy atom. The van der Waals surface area contributed by atoms with E-state index in [1.165, 1.54) is 24.1 Å². The lowest BCUT2D eigenvalue weighted by molar-refractivity contribution is 0.181. The fourth-order valence-electron chi connectivity index (χ4n) is 4.87. The van der Waals surface area contributed by atoms with Crippen molar-refractivity contribution in [2.24, 2.45) is 5.92 Å². The van der Waals surface area contributed by atoms with Crippen LogP contribution in [0.15, 0.2) is 48.5 Å². The van der Waals surface area contributed by atoms with Crippen LogP contribution in [-0.2, 0) is 24.2 Å². The molecule has 1 atom stereocenters. The zero-order valence-electron chi connectivity index (χ0n) is 19.3. The van der Waals surface area contributed by atoms with Gasteiger partial charge in [0.15, 0.2) is 5.65 Å². The number of ether oxygens (including phenoxy) is 2. The zero-order chi connectivity index (χ0) is 22.9. The third-order valence-corrected chi connectivity index (χ3v) is 6.93. The SMILES string of the molecule is CCC1CCc2c(c(-c3ccc(OC)cc3)nc3c(-c4ccc(Cl)cc4)c(COC)nn23)C1. The third kappa shape index (κ3) is 4.00. The van der Waals surface area contributed by atoms with Crippen molar-refractivity contribution in [3.8, 4) is 28.1 Å². The van der Waals surface area contributed by atoms with Gasteiger partial charge >= 0.3 is 0 Å². The summed E-state index contributed by atoms with van der Waals surface area (Å²) in [7, 11) is 3.39. The molecule has 2 heterocycles. The van der Waals surface area contributed by atoms with Gasteiger partial charge in [-0.3, -0.25) is 0 Å². The van der Waals surface area contributed by atoms with Crippen LogP contribution in [0, 0.1) is 5.92 Å². The van der Waals surface area contributed by atoms with E-state index in [1.807, 2.05) is 36.4 Å². The fourth-order valence-corrected chi connectivity index (χ4v) is 5.00. The van der Waals surface area contributed by atoms with Crippen molar-refractivity contribution < 1.29 is 9.47 Å². The molecule has 0 bridgehead atoms. The fraction of sp³-hybridized carbons (Fsp3) is 0.333. The van der Waals surface area contributed by atoms with E-state index in [0.717, 1.165) is 52.3 Å². The molecule has 1 aliphatic rings. The normalized spacial score (nSPS) is 15.6. The number of rotatable bonds is 6. The van der Waals surface area contributed by atoms with Crippen molar-refractivity contribution in [1.29, 1.82) is 0 Å². The maximum Gasteiger partial charge on any atom is 0.164 e. The highest BCUT2D eigenvalue weighted by Crippen LogP contribution is 2.38. The number of fused-ring (bicyclic) bond motifs is 3. The topological polar surface area (TPSA) is 48.7 Å². The number of aromatic nitrogens is 3. The van der Waals surface area contributed by atoms with Crippen LogP contribution in [0.3, 0.4) is 0 Å². The number of hydrogen-bond donors (Lipinski definition) is 0. The average molecular weight is 462 g/mol. The molecule has 0 spiro atoms. The summed E-state index contributed by atoms with van der Waals surface area (Å²) in [4.78, 5) is 5.26. The largest absolute Gasteiger partial charge is 0.497 e. The molecular formula is C27H28ClN3O2. The van der Waals surface area contributed by atoms with E-state index in [1.54, 1.807) is 14.2 Å². The molecule has 4 aromatic rings. The molecule has 2 aromatic carbocycles. The average Bonchev–Trinajstić information content (AvgIpc) is 3.22. The molecule has 0 aliphatic heterocycles. The Morgan fingerprint density at radius 2 is 1.76 bits per heavy atom. The van der Waals surface area contributed by atoms with E-state index >= 15 is 0 Å². The molecule has 1 unspecified atom stereocenters. The second-order valence-corrected chi connectivity index (χ2v) is 9.06. The van der Waals surface area contributed by atoms with Crippen molar-refractivity contribution >= 4 is 17.2 Å². The molecule has 33 heavy (non-hydrogen) atoms. The molecule has 0 fully saturated rings. The lowest BCUT2D eigenvalue weighted by atomic mass is 9.83. The molecule has 0 radical (unpaired) electrons. The van der Waals surface area contributed by atoms with Crippen LogP contribution in [-0.4, -0.2) is 28.8 Å². The second-order valence-electron chi connectivity index (χ2n) is 8.63. The van der Waals surface area contributed by atoms with Gasteiger partial charge in [0.05, 0.1) is 30.7 Å². The Morgan fingerprint density at radius 3 is 2.42 bits per heavy atom. The van der Waals surface area contributed by atoms with Crippen molar-refractivity contribution in [3.63, 3.8) is 0 Å². The summed E-state index contributed by atoms with van der Waals surface area (Å²) in [5.74, 6) is 1.51. The van der Waals surface area contributed by atoms with Gasteiger partial charge in [0.2, 0.25) is 0 Å². The van der Waals surface area contributed by atoms with Gasteiger partial charge in [-0.2, -0.15) is 5.10 Å². The molecule has 170 valence electrons. The minimum atomic E-state index is 0.422. The lowest BCUT2D eigenvalue weighted by Gasteiger charge is -2.26. The zero-order valence-corrected chi connectivity index (χ0v) is 20.0. The Hall–Kier alpha value is -2.89. The number of aryl methyl sites for hydroxylation is 1. The summed E-state index contributed by atoms with van der Waals surface area (Å²) in [5, 5.41) is 5.71. The smallest absolute Gasteiger partial charge is 0.164 e. The van der Waals surface area contributed by atoms with E-state index < -0.39 is 0 Å². The Kier molecular flexibility index (Phi) is 6.09. The first-order valence-corrected chi connectivity index (χ1v) is 11.8. The molecule has 0 saturated carbocycles. The molecule has 0 N–H and O–H groups in total. The minimum absolute atomic E-state index is 0.422. The first kappa shape index (κ1) is 21.9. The van der Waals surface area contributed by atoms with Crippen LogP contribution in [0.25, 0.3) is 28.0 Å². The molecular weight excluding hydrogens is 434 g/mol. The summed E-state index contributed by atoms with van der Waals surface area (Å²) in [5.41, 5.74) is 8.50. The summed E-state index contributed by atoms with van der Waals surface area (Å²) in [6.07, 6.45) is 4.35. The highest BCUT2D eigenvalue weighted by Gasteiger charge is 2.27. The van der Waals surface area contributed by atoms with Gasteiger partial charge in [-0.05, 0) is 67.1 Å². The quantitative estimate of drug-likeness (QED) is 0.334. The minimum Gasteiger partial charge on any atom is -0.497 e. The maximum atomic E-state index is 6.17. The molecule has 5 nitrogen and oxygen atoms in total. The van der Waals surface area contributed by atoms with Crippen molar-refractivity contribution in [2.45, 2.75) is 39.2 Å². The molecule has 0 saturated heterocycles. The summed E-state index contributed by atoms with van der Waals surface area (Å²) >= 11 is 6.17. The van der Waals surface area contributed by atoms with Crippen molar-refractivity contribution in [3.05, 3.63) is 70.5 Å². The Bertz CT molecular complexity index is 1280. The predicted molar refractivity (Wildman–Crippen MR) is 132 cm³/mol. The van der Waals surface area contributed by atoms with E-state index in [-0.39, 0.29) is 0 Å². The second kappa shape index (κ2) is 9.16. The Labute approximate surface area is 199 Å². The summed E-state index contributed by atoms with van der Waals surface area (Å²) < 4.78 is 13.0. The van der Waals surface area contributed by atoms with Crippen LogP contribution >= 0.6 is 11.6 Å². The van der Waals surface area contributed by atoms with Gasteiger partial charge in [-0.15, -0.1) is 0 Å². The van der Waals surface area contributed by atoms with Gasteiger partial charge in [0.1, 0.15) is 5.75 Å². The van der Waals surface area contributed by atoms with Gasteiger partial charge in [-0.25, -0.2) is 9.50 Å². The van der Waals surface area contributed by atoms with E-state index in [2.05, 4.69) is 23.6 Å². The van der Waals surface area contributed by atoms with Crippen LogP contribution in [0.1, 0.15) is 36.7 Å². The molecule has 1 aliphatic carbocycles. The molecule has 6 heteroatoms. The van der Waals surface area contributed by atoms with E-state index in [9.17, 15) is 0 Å². The van der Waals surface area contributed by atoms with Crippen LogP contribution in [0.5, 0.6) is 5.75 Å². The van der Waals surface area contributed by atoms with Gasteiger partial charge in [0.25, 0.3) is 0 Å². The first-order valence-electron chi connectivity index (χ1n) is 11.5. The lowest BCUT2D eigenvalue weighted by Crippen LogP contribution is -2.19. The predicted octanol–water partition coefficient (Wildman–Crippen LogP) is 6.39. The maximum absolute atomic E-state index is 6.17. The van der Waals surface area contributed by atoms with Gasteiger partial charge < -0.3 is 9.47 Å². The van der Waals surface area contributed by atoms with Gasteiger partial charge in [0, 0.05) is 29.0 Å². The first-order chi connectivity index (χ1) is 16.1. The van der Waals surface area contributed by atoms with E-state index in [4.69, 9.17) is 31.2 Å². The van der Waals surface area contributed by atoms with Crippen LogP contribution in [0.4, 0.5) is 0 Å². The number of halogens is 1. The summed E-state index contributed by atoms with van der Waals surface area (Å²) in [6.45, 7) is 2.70. The monoisotopic (exact) mass is 461 g/mol. The highest BCUT2D eigenvalue weighted by molar-refractivity contribution is 6.30. The van der Waals surface area contributed by atoms with Crippen LogP contribution < -0.4 is 4.74 Å². The molecule has 5 rings (SSSR count). The molecule has 2 aromatic heterocycles. The number of hydrogen-bond acceptors (Lipinski definition) is 4. The number of methoxy groups -OCH3 is 2. The van der Waals surface area contributed by atoms with Gasteiger partial charge in [-0.1, -0.05) is 37.1 Å². The highest BCUT2D eigenvalue weighted by atomic mass is 35.5.